The fraction of sp³-hybridized carbons (Fsp3) is 0.353. The summed E-state index contributed by atoms with van der Waals surface area (Å²) in [5.41, 5.74) is 2.58. The highest BCUT2D eigenvalue weighted by atomic mass is 16.5. The van der Waals surface area contributed by atoms with Gasteiger partial charge in [0, 0.05) is 25.1 Å². The number of rotatable bonds is 4. The van der Waals surface area contributed by atoms with Gasteiger partial charge < -0.3 is 19.9 Å². The Balaban J connectivity index is 1.41. The minimum atomic E-state index is -0.0401. The van der Waals surface area contributed by atoms with Crippen molar-refractivity contribution < 1.29 is 9.53 Å². The second-order valence-corrected chi connectivity index (χ2v) is 5.93. The van der Waals surface area contributed by atoms with E-state index in [4.69, 9.17) is 4.74 Å². The summed E-state index contributed by atoms with van der Waals surface area (Å²) in [7, 11) is 0. The summed E-state index contributed by atoms with van der Waals surface area (Å²) in [6.45, 7) is 2.90. The van der Waals surface area contributed by atoms with Crippen molar-refractivity contribution in [3.63, 3.8) is 0 Å². The number of carbonyl (C=O) groups excluding carboxylic acids is 1. The summed E-state index contributed by atoms with van der Waals surface area (Å²) in [6.07, 6.45) is 8.08. The molecule has 124 valence electrons. The van der Waals surface area contributed by atoms with Gasteiger partial charge in [-0.15, -0.1) is 0 Å². The molecule has 2 N–H and O–H groups in total. The van der Waals surface area contributed by atoms with Crippen molar-refractivity contribution in [1.82, 2.24) is 25.2 Å². The molecule has 1 amide bonds. The number of carbonyl (C=O) groups is 1. The Morgan fingerprint density at radius 1 is 1.29 bits per heavy atom. The first kappa shape index (κ1) is 14.9. The Labute approximate surface area is 139 Å². The first-order valence-corrected chi connectivity index (χ1v) is 8.12. The molecule has 7 nitrogen and oxygen atoms in total. The van der Waals surface area contributed by atoms with Gasteiger partial charge in [-0.05, 0) is 30.7 Å². The normalized spacial score (nSPS) is 18.0. The van der Waals surface area contributed by atoms with E-state index in [0.29, 0.717) is 24.7 Å². The lowest BCUT2D eigenvalue weighted by Gasteiger charge is -2.38. The third-order valence-corrected chi connectivity index (χ3v) is 4.27. The first-order chi connectivity index (χ1) is 11.8. The number of aromatic amines is 1. The van der Waals surface area contributed by atoms with Crippen LogP contribution < -0.4 is 10.1 Å². The van der Waals surface area contributed by atoms with Crippen LogP contribution in [0.4, 0.5) is 0 Å². The van der Waals surface area contributed by atoms with E-state index in [2.05, 4.69) is 26.3 Å². The van der Waals surface area contributed by atoms with Gasteiger partial charge >= 0.3 is 0 Å². The van der Waals surface area contributed by atoms with Gasteiger partial charge in [-0.3, -0.25) is 4.79 Å². The number of ether oxygens (including phenoxy) is 1. The van der Waals surface area contributed by atoms with Crippen molar-refractivity contribution in [2.24, 2.45) is 0 Å². The maximum Gasteiger partial charge on any atom is 0.270 e. The number of aromatic nitrogens is 3. The fourth-order valence-electron chi connectivity index (χ4n) is 2.94. The topological polar surface area (TPSA) is 83.1 Å². The molecule has 2 aromatic heterocycles. The maximum absolute atomic E-state index is 12.2. The summed E-state index contributed by atoms with van der Waals surface area (Å²) >= 11 is 0. The molecule has 7 heteroatoms. The van der Waals surface area contributed by atoms with Crippen LogP contribution >= 0.6 is 0 Å². The van der Waals surface area contributed by atoms with E-state index in [1.165, 1.54) is 0 Å². The van der Waals surface area contributed by atoms with Crippen molar-refractivity contribution in [3.05, 3.63) is 48.2 Å². The van der Waals surface area contributed by atoms with E-state index in [1.54, 1.807) is 29.6 Å². The third kappa shape index (κ3) is 2.90. The molecule has 0 aliphatic carbocycles. The van der Waals surface area contributed by atoms with Crippen LogP contribution in [0.5, 0.6) is 5.88 Å². The van der Waals surface area contributed by atoms with Gasteiger partial charge in [0.15, 0.2) is 0 Å². The van der Waals surface area contributed by atoms with E-state index in [-0.39, 0.29) is 12.0 Å². The van der Waals surface area contributed by atoms with Crippen molar-refractivity contribution in [1.29, 1.82) is 0 Å². The summed E-state index contributed by atoms with van der Waals surface area (Å²) in [4.78, 5) is 25.7. The number of hydrogen-bond acceptors (Lipinski definition) is 5. The van der Waals surface area contributed by atoms with E-state index < -0.39 is 0 Å². The van der Waals surface area contributed by atoms with Crippen molar-refractivity contribution in [2.75, 3.05) is 26.2 Å². The zero-order valence-corrected chi connectivity index (χ0v) is 13.2. The van der Waals surface area contributed by atoms with Gasteiger partial charge in [0.05, 0.1) is 13.1 Å². The molecular weight excluding hydrogens is 306 g/mol. The minimum Gasteiger partial charge on any atom is -0.469 e. The zero-order chi connectivity index (χ0) is 16.4. The van der Waals surface area contributed by atoms with E-state index in [1.807, 2.05) is 6.07 Å². The quantitative estimate of drug-likeness (QED) is 0.879. The predicted molar refractivity (Wildman–Crippen MR) is 88.6 cm³/mol. The number of amides is 1. The molecule has 0 bridgehead atoms. The van der Waals surface area contributed by atoms with Crippen LogP contribution in [-0.2, 0) is 0 Å². The molecule has 4 heterocycles. The highest BCUT2D eigenvalue weighted by Crippen LogP contribution is 2.27. The minimum absolute atomic E-state index is 0.000262. The fourth-order valence-corrected chi connectivity index (χ4v) is 2.94. The molecule has 24 heavy (non-hydrogen) atoms. The molecule has 0 unspecified atom stereocenters. The smallest absolute Gasteiger partial charge is 0.270 e. The Morgan fingerprint density at radius 2 is 2.17 bits per heavy atom. The predicted octanol–water partition coefficient (Wildman–Crippen LogP) is 1.08. The van der Waals surface area contributed by atoms with Gasteiger partial charge in [-0.2, -0.15) is 0 Å². The molecule has 1 fully saturated rings. The van der Waals surface area contributed by atoms with Crippen LogP contribution in [-0.4, -0.2) is 58.0 Å². The zero-order valence-electron chi connectivity index (χ0n) is 13.2. The summed E-state index contributed by atoms with van der Waals surface area (Å²) in [5, 5.41) is 3.29. The number of H-pyrrole nitrogens is 1. The van der Waals surface area contributed by atoms with Gasteiger partial charge in [0.2, 0.25) is 5.88 Å². The molecule has 0 radical (unpaired) electrons. The standard InChI is InChI=1S/C17H19N5O2/c23-17(14-2-1-5-19-14)22-10-13(11-22)24-16-15(20-8-9-21-16)12-3-6-18-7-4-12/h1-3,5,8-9,13,18-19H,4,6-7,10-11H2. The van der Waals surface area contributed by atoms with Crippen LogP contribution in [0.15, 0.2) is 36.8 Å². The average molecular weight is 325 g/mol. The Hall–Kier alpha value is -2.67. The molecule has 2 aliphatic rings. The molecule has 2 aromatic rings. The van der Waals surface area contributed by atoms with Crippen LogP contribution in [0.25, 0.3) is 5.57 Å². The van der Waals surface area contributed by atoms with E-state index >= 15 is 0 Å². The van der Waals surface area contributed by atoms with Crippen LogP contribution in [0, 0.1) is 0 Å². The Morgan fingerprint density at radius 3 is 2.92 bits per heavy atom. The van der Waals surface area contributed by atoms with Gasteiger partial charge in [0.1, 0.15) is 17.5 Å². The van der Waals surface area contributed by atoms with Gasteiger partial charge in [-0.25, -0.2) is 9.97 Å². The SMILES string of the molecule is O=C(c1ccc[nH]1)N1CC(Oc2nccnc2C2=CCNCC2)C1. The van der Waals surface area contributed by atoms with Crippen molar-refractivity contribution in [2.45, 2.75) is 12.5 Å². The lowest BCUT2D eigenvalue weighted by Crippen LogP contribution is -2.56. The van der Waals surface area contributed by atoms with Crippen molar-refractivity contribution >= 4 is 11.5 Å². The molecule has 2 aliphatic heterocycles. The number of likely N-dealkylation sites (tertiary alicyclic amines) is 1. The van der Waals surface area contributed by atoms with Crippen LogP contribution in [0.1, 0.15) is 22.6 Å². The number of nitrogens with zero attached hydrogens (tertiary/aromatic N) is 3. The largest absolute Gasteiger partial charge is 0.469 e. The molecule has 4 rings (SSSR count). The molecule has 0 atom stereocenters. The molecule has 1 saturated heterocycles. The molecular formula is C17H19N5O2. The second kappa shape index (κ2) is 6.45. The lowest BCUT2D eigenvalue weighted by atomic mass is 10.1. The maximum atomic E-state index is 12.2. The van der Waals surface area contributed by atoms with Crippen LogP contribution in [0.2, 0.25) is 0 Å². The highest BCUT2D eigenvalue weighted by molar-refractivity contribution is 5.93. The number of hydrogen-bond donors (Lipinski definition) is 2. The summed E-state index contributed by atoms with van der Waals surface area (Å²) in [6, 6.07) is 3.60. The molecule has 0 aromatic carbocycles. The highest BCUT2D eigenvalue weighted by Gasteiger charge is 2.34. The van der Waals surface area contributed by atoms with Gasteiger partial charge in [-0.1, -0.05) is 6.08 Å². The van der Waals surface area contributed by atoms with Crippen molar-refractivity contribution in [3.8, 4) is 5.88 Å². The summed E-state index contributed by atoms with van der Waals surface area (Å²) in [5.74, 6) is 0.558. The summed E-state index contributed by atoms with van der Waals surface area (Å²) < 4.78 is 5.99. The third-order valence-electron chi connectivity index (χ3n) is 4.27. The Kier molecular flexibility index (Phi) is 4.00. The van der Waals surface area contributed by atoms with Crippen LogP contribution in [0.3, 0.4) is 0 Å². The lowest BCUT2D eigenvalue weighted by molar-refractivity contribution is 0.0153. The van der Waals surface area contributed by atoms with E-state index in [0.717, 1.165) is 30.8 Å². The van der Waals surface area contributed by atoms with E-state index in [9.17, 15) is 4.79 Å². The monoisotopic (exact) mass is 325 g/mol. The second-order valence-electron chi connectivity index (χ2n) is 5.93. The Bertz CT molecular complexity index is 750. The molecule has 0 saturated carbocycles. The molecule has 0 spiro atoms. The average Bonchev–Trinajstić information content (AvgIpc) is 3.13. The van der Waals surface area contributed by atoms with Gasteiger partial charge in [0.25, 0.3) is 5.91 Å². The first-order valence-electron chi connectivity index (χ1n) is 8.12. The number of nitrogens with one attached hydrogen (secondary N) is 2.